The minimum Gasteiger partial charge on any atom is -0.375 e. The van der Waals surface area contributed by atoms with E-state index >= 15 is 0 Å². The highest BCUT2D eigenvalue weighted by molar-refractivity contribution is 9.10. The SMILES string of the molecule is Fc1cccc2c1NC(c1ccccc1Br)C2. The van der Waals surface area contributed by atoms with Gasteiger partial charge >= 0.3 is 0 Å². The molecule has 1 aliphatic heterocycles. The number of rotatable bonds is 1. The monoisotopic (exact) mass is 291 g/mol. The average Bonchev–Trinajstić information content (AvgIpc) is 2.75. The predicted octanol–water partition coefficient (Wildman–Crippen LogP) is 4.30. The summed E-state index contributed by atoms with van der Waals surface area (Å²) in [5.74, 6) is -0.169. The molecular weight excluding hydrogens is 281 g/mol. The number of hydrogen-bond donors (Lipinski definition) is 1. The third-order valence-electron chi connectivity index (χ3n) is 3.12. The van der Waals surface area contributed by atoms with E-state index in [2.05, 4.69) is 27.3 Å². The summed E-state index contributed by atoms with van der Waals surface area (Å²) in [5, 5.41) is 3.25. The zero-order chi connectivity index (χ0) is 11.8. The van der Waals surface area contributed by atoms with Crippen molar-refractivity contribution in [1.82, 2.24) is 0 Å². The van der Waals surface area contributed by atoms with Gasteiger partial charge in [-0.05, 0) is 29.7 Å². The lowest BCUT2D eigenvalue weighted by Crippen LogP contribution is -2.06. The standard InChI is InChI=1S/C14H11BrFN/c15-11-6-2-1-5-10(11)13-8-9-4-3-7-12(16)14(9)17-13/h1-7,13,17H,8H2. The van der Waals surface area contributed by atoms with Crippen LogP contribution in [0.3, 0.4) is 0 Å². The number of benzene rings is 2. The summed E-state index contributed by atoms with van der Waals surface area (Å²) in [6.07, 6.45) is 0.829. The smallest absolute Gasteiger partial charge is 0.146 e. The Labute approximate surface area is 108 Å². The average molecular weight is 292 g/mol. The van der Waals surface area contributed by atoms with Crippen molar-refractivity contribution in [2.24, 2.45) is 0 Å². The Kier molecular flexibility index (Phi) is 2.63. The second kappa shape index (κ2) is 4.15. The first-order valence-corrected chi connectivity index (χ1v) is 6.33. The summed E-state index contributed by atoms with van der Waals surface area (Å²) in [4.78, 5) is 0. The molecule has 86 valence electrons. The molecule has 0 fully saturated rings. The normalized spacial score (nSPS) is 17.6. The van der Waals surface area contributed by atoms with Crippen molar-refractivity contribution in [1.29, 1.82) is 0 Å². The summed E-state index contributed by atoms with van der Waals surface area (Å²) >= 11 is 3.54. The Morgan fingerprint density at radius 1 is 1.12 bits per heavy atom. The Morgan fingerprint density at radius 3 is 2.71 bits per heavy atom. The molecule has 3 heteroatoms. The Balaban J connectivity index is 1.97. The zero-order valence-electron chi connectivity index (χ0n) is 9.08. The van der Waals surface area contributed by atoms with E-state index in [0.717, 1.165) is 16.5 Å². The van der Waals surface area contributed by atoms with Crippen LogP contribution in [0.1, 0.15) is 17.2 Å². The van der Waals surface area contributed by atoms with Crippen molar-refractivity contribution in [3.8, 4) is 0 Å². The van der Waals surface area contributed by atoms with Crippen molar-refractivity contribution in [2.45, 2.75) is 12.5 Å². The fourth-order valence-electron chi connectivity index (χ4n) is 2.29. The minimum atomic E-state index is -0.169. The molecule has 3 rings (SSSR count). The van der Waals surface area contributed by atoms with Gasteiger partial charge in [-0.15, -0.1) is 0 Å². The zero-order valence-corrected chi connectivity index (χ0v) is 10.7. The molecule has 1 nitrogen and oxygen atoms in total. The fourth-order valence-corrected chi connectivity index (χ4v) is 2.85. The first kappa shape index (κ1) is 10.8. The summed E-state index contributed by atoms with van der Waals surface area (Å²) in [6.45, 7) is 0. The van der Waals surface area contributed by atoms with Crippen LogP contribution < -0.4 is 5.32 Å². The van der Waals surface area contributed by atoms with Crippen LogP contribution in [0.2, 0.25) is 0 Å². The van der Waals surface area contributed by atoms with Gasteiger partial charge in [0, 0.05) is 4.47 Å². The van der Waals surface area contributed by atoms with Crippen molar-refractivity contribution in [3.05, 3.63) is 63.9 Å². The second-order valence-electron chi connectivity index (χ2n) is 4.20. The van der Waals surface area contributed by atoms with E-state index in [9.17, 15) is 4.39 Å². The minimum absolute atomic E-state index is 0.150. The molecular formula is C14H11BrFN. The number of nitrogens with one attached hydrogen (secondary N) is 1. The number of anilines is 1. The molecule has 0 spiro atoms. The van der Waals surface area contributed by atoms with Crippen LogP contribution >= 0.6 is 15.9 Å². The van der Waals surface area contributed by atoms with E-state index in [-0.39, 0.29) is 11.9 Å². The molecule has 0 saturated carbocycles. The number of halogens is 2. The number of para-hydroxylation sites is 1. The van der Waals surface area contributed by atoms with E-state index in [1.165, 1.54) is 11.6 Å². The molecule has 1 aliphatic rings. The van der Waals surface area contributed by atoms with Gasteiger partial charge in [-0.25, -0.2) is 4.39 Å². The van der Waals surface area contributed by atoms with E-state index in [1.807, 2.05) is 24.3 Å². The molecule has 2 aromatic rings. The molecule has 0 amide bonds. The second-order valence-corrected chi connectivity index (χ2v) is 5.05. The lowest BCUT2D eigenvalue weighted by Gasteiger charge is -2.13. The maximum absolute atomic E-state index is 13.6. The Morgan fingerprint density at radius 2 is 1.94 bits per heavy atom. The van der Waals surface area contributed by atoms with Gasteiger partial charge in [-0.1, -0.05) is 46.3 Å². The molecule has 0 bridgehead atoms. The maximum Gasteiger partial charge on any atom is 0.146 e. The van der Waals surface area contributed by atoms with Gasteiger partial charge in [0.05, 0.1) is 11.7 Å². The highest BCUT2D eigenvalue weighted by Gasteiger charge is 2.25. The van der Waals surface area contributed by atoms with E-state index < -0.39 is 0 Å². The van der Waals surface area contributed by atoms with Crippen LogP contribution in [0.5, 0.6) is 0 Å². The molecule has 1 unspecified atom stereocenters. The molecule has 2 aromatic carbocycles. The molecule has 1 heterocycles. The lowest BCUT2D eigenvalue weighted by molar-refractivity contribution is 0.630. The summed E-state index contributed by atoms with van der Waals surface area (Å²) < 4.78 is 14.7. The van der Waals surface area contributed by atoms with Crippen LogP contribution in [0.15, 0.2) is 46.9 Å². The number of hydrogen-bond acceptors (Lipinski definition) is 1. The highest BCUT2D eigenvalue weighted by atomic mass is 79.9. The molecule has 1 atom stereocenters. The molecule has 1 N–H and O–H groups in total. The molecule has 0 saturated heterocycles. The van der Waals surface area contributed by atoms with Crippen molar-refractivity contribution in [2.75, 3.05) is 5.32 Å². The van der Waals surface area contributed by atoms with Crippen LogP contribution in [0, 0.1) is 5.82 Å². The Hall–Kier alpha value is -1.35. The van der Waals surface area contributed by atoms with Crippen LogP contribution in [0.4, 0.5) is 10.1 Å². The van der Waals surface area contributed by atoms with Gasteiger partial charge in [-0.3, -0.25) is 0 Å². The van der Waals surface area contributed by atoms with Crippen molar-refractivity contribution >= 4 is 21.6 Å². The predicted molar refractivity (Wildman–Crippen MR) is 70.6 cm³/mol. The van der Waals surface area contributed by atoms with Crippen LogP contribution in [-0.2, 0) is 6.42 Å². The van der Waals surface area contributed by atoms with E-state index in [0.29, 0.717) is 5.69 Å². The van der Waals surface area contributed by atoms with Gasteiger partial charge < -0.3 is 5.32 Å². The maximum atomic E-state index is 13.6. The summed E-state index contributed by atoms with van der Waals surface area (Å²) in [6, 6.07) is 13.4. The quantitative estimate of drug-likeness (QED) is 0.826. The fraction of sp³-hybridized carbons (Fsp3) is 0.143. The van der Waals surface area contributed by atoms with E-state index in [4.69, 9.17) is 0 Å². The Bertz CT molecular complexity index is 568. The molecule has 17 heavy (non-hydrogen) atoms. The van der Waals surface area contributed by atoms with Crippen molar-refractivity contribution in [3.63, 3.8) is 0 Å². The van der Waals surface area contributed by atoms with Crippen LogP contribution in [0.25, 0.3) is 0 Å². The summed E-state index contributed by atoms with van der Waals surface area (Å²) in [5.41, 5.74) is 2.86. The van der Waals surface area contributed by atoms with Gasteiger partial charge in [0.1, 0.15) is 5.82 Å². The van der Waals surface area contributed by atoms with Gasteiger partial charge in [0.2, 0.25) is 0 Å². The largest absolute Gasteiger partial charge is 0.375 e. The van der Waals surface area contributed by atoms with Gasteiger partial charge in [0.15, 0.2) is 0 Å². The molecule has 0 aromatic heterocycles. The van der Waals surface area contributed by atoms with E-state index in [1.54, 1.807) is 6.07 Å². The first-order chi connectivity index (χ1) is 8.25. The number of fused-ring (bicyclic) bond motifs is 1. The molecule has 0 aliphatic carbocycles. The molecule has 0 radical (unpaired) electrons. The van der Waals surface area contributed by atoms with Crippen LogP contribution in [-0.4, -0.2) is 0 Å². The lowest BCUT2D eigenvalue weighted by atomic mass is 10.0. The third kappa shape index (κ3) is 1.84. The van der Waals surface area contributed by atoms with Crippen molar-refractivity contribution < 1.29 is 4.39 Å². The van der Waals surface area contributed by atoms with Gasteiger partial charge in [-0.2, -0.15) is 0 Å². The topological polar surface area (TPSA) is 12.0 Å². The summed E-state index contributed by atoms with van der Waals surface area (Å²) in [7, 11) is 0. The first-order valence-electron chi connectivity index (χ1n) is 5.54. The highest BCUT2D eigenvalue weighted by Crippen LogP contribution is 2.37. The van der Waals surface area contributed by atoms with Gasteiger partial charge in [0.25, 0.3) is 0 Å². The third-order valence-corrected chi connectivity index (χ3v) is 3.85.